The first-order valence-electron chi connectivity index (χ1n) is 19.8. The largest absolute Gasteiger partial charge is 0.268 e. The van der Waals surface area contributed by atoms with E-state index in [0.717, 1.165) is 42.2 Å². The van der Waals surface area contributed by atoms with E-state index in [4.69, 9.17) is 10.1 Å². The lowest BCUT2D eigenvalue weighted by Crippen LogP contribution is -2.48. The van der Waals surface area contributed by atoms with Crippen LogP contribution in [0.25, 0.3) is 50.8 Å². The van der Waals surface area contributed by atoms with Crippen molar-refractivity contribution in [2.75, 3.05) is 0 Å². The Bertz CT molecular complexity index is 2590. The molecule has 0 amide bonds. The van der Waals surface area contributed by atoms with Crippen molar-refractivity contribution < 1.29 is 9.13 Å². The van der Waals surface area contributed by atoms with Gasteiger partial charge in [-0.15, -0.1) is 16.9 Å². The number of unbranched alkanes of at least 4 members (excludes halogenated alkanes) is 1. The van der Waals surface area contributed by atoms with Gasteiger partial charge in [-0.1, -0.05) is 106 Å². The van der Waals surface area contributed by atoms with Crippen molar-refractivity contribution in [2.24, 2.45) is 0 Å². The first-order chi connectivity index (χ1) is 26.4. The average Bonchev–Trinajstić information content (AvgIpc) is 3.87. The minimum atomic E-state index is -0.391. The number of rotatable bonds is 7. The number of hydrogen-bond acceptors (Lipinski definition) is 3. The van der Waals surface area contributed by atoms with Crippen LogP contribution in [0.2, 0.25) is 0 Å². The fourth-order valence-corrected chi connectivity index (χ4v) is 11.5. The molecule has 0 bridgehead atoms. The Labute approximate surface area is 322 Å². The normalized spacial score (nSPS) is 21.4. The molecule has 4 aliphatic rings. The third-order valence-corrected chi connectivity index (χ3v) is 14.2. The van der Waals surface area contributed by atoms with E-state index in [1.54, 1.807) is 5.57 Å². The highest BCUT2D eigenvalue weighted by molar-refractivity contribution is 8.01. The number of hydrogen-bond donors (Lipinski definition) is 0. The highest BCUT2D eigenvalue weighted by Crippen LogP contribution is 2.62. The van der Waals surface area contributed by atoms with Gasteiger partial charge in [-0.3, -0.25) is 0 Å². The molecule has 3 unspecified atom stereocenters. The van der Waals surface area contributed by atoms with Crippen LogP contribution in [0.1, 0.15) is 88.4 Å². The molecule has 3 aliphatic heterocycles. The number of thioether (sulfide) groups is 1. The third-order valence-electron chi connectivity index (χ3n) is 12.7. The van der Waals surface area contributed by atoms with Crippen LogP contribution in [0.15, 0.2) is 132 Å². The van der Waals surface area contributed by atoms with Gasteiger partial charge < -0.3 is 0 Å². The molecule has 0 N–H and O–H groups in total. The molecule has 3 aromatic heterocycles. The number of pyridine rings is 2. The zero-order valence-electron chi connectivity index (χ0n) is 31.9. The molecule has 10 rings (SSSR count). The van der Waals surface area contributed by atoms with Crippen LogP contribution in [0.4, 0.5) is 0 Å². The van der Waals surface area contributed by atoms with Gasteiger partial charge in [0.05, 0.1) is 11.1 Å². The molecule has 0 radical (unpaired) electrons. The maximum absolute atomic E-state index is 5.34. The van der Waals surface area contributed by atoms with Gasteiger partial charge in [0.1, 0.15) is 0 Å². The van der Waals surface area contributed by atoms with Crippen molar-refractivity contribution in [3.63, 3.8) is 0 Å². The molecule has 0 spiro atoms. The van der Waals surface area contributed by atoms with E-state index in [1.165, 1.54) is 62.3 Å². The van der Waals surface area contributed by atoms with Crippen LogP contribution in [0.5, 0.6) is 0 Å². The van der Waals surface area contributed by atoms with E-state index in [1.807, 2.05) is 6.07 Å². The molecule has 3 atom stereocenters. The van der Waals surface area contributed by atoms with Crippen LogP contribution in [-0.4, -0.2) is 19.5 Å². The van der Waals surface area contributed by atoms with Crippen LogP contribution >= 0.6 is 11.8 Å². The summed E-state index contributed by atoms with van der Waals surface area (Å²) in [5.41, 5.74) is 12.7. The van der Waals surface area contributed by atoms with Crippen molar-refractivity contribution >= 4 is 28.4 Å². The molecule has 5 nitrogen and oxygen atoms in total. The molecular weight excluding hydrogens is 679 g/mol. The van der Waals surface area contributed by atoms with E-state index < -0.39 is 5.54 Å². The Morgan fingerprint density at radius 2 is 1.65 bits per heavy atom. The van der Waals surface area contributed by atoms with Crippen molar-refractivity contribution in [3.05, 3.63) is 144 Å². The highest BCUT2D eigenvalue weighted by atomic mass is 32.2. The Hall–Kier alpha value is -5.07. The molecule has 6 heteroatoms. The molecule has 0 saturated carbocycles. The highest BCUT2D eigenvalue weighted by Gasteiger charge is 2.54. The van der Waals surface area contributed by atoms with Gasteiger partial charge in [0.25, 0.3) is 17.4 Å². The van der Waals surface area contributed by atoms with Crippen LogP contribution in [0, 0.1) is 6.92 Å². The maximum Gasteiger partial charge on any atom is 0.268 e. The first-order valence-corrected chi connectivity index (χ1v) is 20.7. The number of para-hydroxylation sites is 1. The smallest absolute Gasteiger partial charge is 0.230 e. The number of benzene rings is 3. The summed E-state index contributed by atoms with van der Waals surface area (Å²) < 4.78 is 7.31. The summed E-state index contributed by atoms with van der Waals surface area (Å²) in [6, 6.07) is 33.3. The zero-order chi connectivity index (χ0) is 36.8. The lowest BCUT2D eigenvalue weighted by atomic mass is 9.76. The molecule has 6 heterocycles. The molecule has 1 aliphatic carbocycles. The summed E-state index contributed by atoms with van der Waals surface area (Å²) in [5.74, 6) is 2.05. The van der Waals surface area contributed by atoms with Crippen molar-refractivity contribution in [1.29, 1.82) is 0 Å². The van der Waals surface area contributed by atoms with Crippen LogP contribution < -0.4 is 9.13 Å². The van der Waals surface area contributed by atoms with E-state index in [0.29, 0.717) is 5.92 Å². The second-order valence-electron chi connectivity index (χ2n) is 15.7. The summed E-state index contributed by atoms with van der Waals surface area (Å²) in [7, 11) is 0. The van der Waals surface area contributed by atoms with Crippen molar-refractivity contribution in [3.8, 4) is 34.2 Å². The SMILES string of the molecule is CCCCC1=CC=CC2(C)Sc3c(ccc4c3-c3cc(C)c5ccccc5[n+]3C4C3=CC(CC)(CC)n4nc(-c5ccccc5)nc4-c4cccc[n+]43)C12. The fourth-order valence-electron chi connectivity index (χ4n) is 9.92. The number of allylic oxidation sites excluding steroid dienone is 5. The number of fused-ring (bicyclic) bond motifs is 12. The molecule has 6 aromatic rings. The molecule has 0 fully saturated rings. The van der Waals surface area contributed by atoms with Crippen LogP contribution in [0.3, 0.4) is 0 Å². The van der Waals surface area contributed by atoms with Crippen LogP contribution in [-0.2, 0) is 5.54 Å². The van der Waals surface area contributed by atoms with Crippen molar-refractivity contribution in [1.82, 2.24) is 14.8 Å². The summed E-state index contributed by atoms with van der Waals surface area (Å²) in [6.45, 7) is 11.7. The second kappa shape index (κ2) is 12.5. The lowest BCUT2D eigenvalue weighted by Gasteiger charge is -2.32. The van der Waals surface area contributed by atoms with Gasteiger partial charge >= 0.3 is 0 Å². The number of aryl methyl sites for hydroxylation is 1. The summed E-state index contributed by atoms with van der Waals surface area (Å²) in [5, 5.41) is 6.63. The topological polar surface area (TPSA) is 38.5 Å². The minimum Gasteiger partial charge on any atom is -0.230 e. The summed E-state index contributed by atoms with van der Waals surface area (Å²) in [4.78, 5) is 6.78. The molecule has 54 heavy (non-hydrogen) atoms. The Kier molecular flexibility index (Phi) is 7.75. The quantitative estimate of drug-likeness (QED) is 0.154. The maximum atomic E-state index is 5.34. The summed E-state index contributed by atoms with van der Waals surface area (Å²) in [6.07, 6.45) is 17.4. The Morgan fingerprint density at radius 3 is 2.46 bits per heavy atom. The monoisotopic (exact) mass is 725 g/mol. The lowest BCUT2D eigenvalue weighted by molar-refractivity contribution is -0.689. The van der Waals surface area contributed by atoms with E-state index in [9.17, 15) is 0 Å². The number of aromatic nitrogens is 5. The molecule has 0 saturated heterocycles. The third kappa shape index (κ3) is 4.71. The van der Waals surface area contributed by atoms with Gasteiger partial charge in [-0.2, -0.15) is 9.13 Å². The molecule has 3 aromatic carbocycles. The minimum absolute atomic E-state index is 0.00998. The summed E-state index contributed by atoms with van der Waals surface area (Å²) >= 11 is 2.09. The van der Waals surface area contributed by atoms with Gasteiger partial charge in [-0.25, -0.2) is 9.67 Å². The molecular formula is C48H47N5S+2. The van der Waals surface area contributed by atoms with E-state index in [2.05, 4.69) is 176 Å². The predicted octanol–water partition coefficient (Wildman–Crippen LogP) is 10.9. The Balaban J connectivity index is 1.25. The number of nitrogens with zero attached hydrogens (tertiary/aromatic N) is 5. The zero-order valence-corrected chi connectivity index (χ0v) is 32.7. The van der Waals surface area contributed by atoms with Gasteiger partial charge in [-0.05, 0) is 62.8 Å². The van der Waals surface area contributed by atoms with Gasteiger partial charge in [0.2, 0.25) is 17.0 Å². The van der Waals surface area contributed by atoms with Crippen molar-refractivity contribution in [2.45, 2.75) is 93.9 Å². The first kappa shape index (κ1) is 33.5. The predicted molar refractivity (Wildman–Crippen MR) is 220 cm³/mol. The fraction of sp³-hybridized carbons (Fsp3) is 0.292. The second-order valence-corrected chi connectivity index (χ2v) is 17.2. The Morgan fingerprint density at radius 1 is 0.870 bits per heavy atom. The average molecular weight is 726 g/mol. The van der Waals surface area contributed by atoms with Gasteiger partial charge in [0, 0.05) is 62.4 Å². The van der Waals surface area contributed by atoms with E-state index in [-0.39, 0.29) is 10.8 Å². The standard InChI is InChI=1S/C48H47N5S/c1-6-9-18-32-21-17-27-47(5)42(32)36-26-25-35-41(44(36)54-47)39-29-31(4)34-22-13-14-23-37(34)52(39)43(35)40-30-48(7-2,8-3)53-46(38-24-15-16-28-51(38)40)49-45(50-53)33-19-11-10-12-20-33/h10-17,19-30,42-43H,6-9,18H2,1-5H3/q+2. The van der Waals surface area contributed by atoms with E-state index >= 15 is 0 Å². The van der Waals surface area contributed by atoms with Gasteiger partial charge in [0.15, 0.2) is 12.0 Å². The molecule has 268 valence electrons.